The fraction of sp³-hybridized carbons (Fsp3) is 0.562. The third kappa shape index (κ3) is 4.00. The van der Waals surface area contributed by atoms with E-state index in [1.807, 2.05) is 26.0 Å². The molecule has 0 amide bonds. The van der Waals surface area contributed by atoms with Crippen molar-refractivity contribution in [3.63, 3.8) is 0 Å². The fourth-order valence-electron chi connectivity index (χ4n) is 2.07. The van der Waals surface area contributed by atoms with Gasteiger partial charge in [0, 0.05) is 16.7 Å². The summed E-state index contributed by atoms with van der Waals surface area (Å²) in [5, 5.41) is 3.45. The van der Waals surface area contributed by atoms with Crippen molar-refractivity contribution in [2.24, 2.45) is 0 Å². The molecular formula is C16H23NO2S. The van der Waals surface area contributed by atoms with Gasteiger partial charge in [0.05, 0.1) is 6.61 Å². The Labute approximate surface area is 125 Å². The molecular weight excluding hydrogens is 270 g/mol. The molecule has 0 spiro atoms. The Morgan fingerprint density at radius 3 is 2.75 bits per heavy atom. The Bertz CT molecular complexity index is 473. The van der Waals surface area contributed by atoms with E-state index in [1.165, 1.54) is 10.5 Å². The first-order valence-electron chi connectivity index (χ1n) is 7.18. The molecule has 1 unspecified atom stereocenters. The van der Waals surface area contributed by atoms with Gasteiger partial charge in [-0.3, -0.25) is 10.1 Å². The Balaban J connectivity index is 2.03. The van der Waals surface area contributed by atoms with Crippen molar-refractivity contribution >= 4 is 17.7 Å². The lowest BCUT2D eigenvalue weighted by Crippen LogP contribution is -2.53. The molecule has 0 saturated heterocycles. The van der Waals surface area contributed by atoms with Crippen LogP contribution in [0.4, 0.5) is 0 Å². The van der Waals surface area contributed by atoms with Crippen LogP contribution in [0, 0.1) is 6.92 Å². The molecule has 0 aromatic heterocycles. The van der Waals surface area contributed by atoms with Crippen molar-refractivity contribution < 1.29 is 9.53 Å². The van der Waals surface area contributed by atoms with E-state index >= 15 is 0 Å². The molecule has 2 rings (SSSR count). The zero-order valence-electron chi connectivity index (χ0n) is 12.4. The topological polar surface area (TPSA) is 38.3 Å². The van der Waals surface area contributed by atoms with Crippen molar-refractivity contribution in [2.45, 2.75) is 50.1 Å². The first-order valence-corrected chi connectivity index (χ1v) is 8.17. The largest absolute Gasteiger partial charge is 0.465 e. The summed E-state index contributed by atoms with van der Waals surface area (Å²) in [6.45, 7) is 6.33. The van der Waals surface area contributed by atoms with Crippen molar-refractivity contribution in [1.82, 2.24) is 5.32 Å². The average molecular weight is 293 g/mol. The minimum Gasteiger partial charge on any atom is -0.465 e. The maximum Gasteiger partial charge on any atom is 0.326 e. The Morgan fingerprint density at radius 1 is 1.45 bits per heavy atom. The number of carbonyl (C=O) groups excluding carboxylic acids is 1. The van der Waals surface area contributed by atoms with Crippen LogP contribution in [0.5, 0.6) is 0 Å². The van der Waals surface area contributed by atoms with Crippen LogP contribution in [0.3, 0.4) is 0 Å². The van der Waals surface area contributed by atoms with Gasteiger partial charge in [-0.15, -0.1) is 11.8 Å². The number of thioether (sulfide) groups is 1. The van der Waals surface area contributed by atoms with E-state index in [0.717, 1.165) is 12.8 Å². The first kappa shape index (κ1) is 15.4. The van der Waals surface area contributed by atoms with Gasteiger partial charge in [0.25, 0.3) is 0 Å². The van der Waals surface area contributed by atoms with Crippen LogP contribution in [0.2, 0.25) is 0 Å². The highest BCUT2D eigenvalue weighted by Gasteiger charge is 2.39. The third-order valence-electron chi connectivity index (χ3n) is 3.44. The lowest BCUT2D eigenvalue weighted by atomic mass is 10.1. The maximum absolute atomic E-state index is 12.2. The van der Waals surface area contributed by atoms with E-state index in [9.17, 15) is 4.79 Å². The molecule has 3 nitrogen and oxygen atoms in total. The minimum absolute atomic E-state index is 0.145. The van der Waals surface area contributed by atoms with Crippen LogP contribution in [-0.4, -0.2) is 29.9 Å². The molecule has 1 aromatic carbocycles. The number of esters is 1. The molecule has 0 radical (unpaired) electrons. The van der Waals surface area contributed by atoms with Gasteiger partial charge in [0.2, 0.25) is 0 Å². The predicted octanol–water partition coefficient (Wildman–Crippen LogP) is 3.16. The minimum atomic E-state index is -0.607. The number of carbonyl (C=O) groups is 1. The first-order chi connectivity index (χ1) is 9.55. The summed E-state index contributed by atoms with van der Waals surface area (Å²) < 4.78 is 5.24. The molecule has 1 N–H and O–H groups in total. The highest BCUT2D eigenvalue weighted by Crippen LogP contribution is 2.29. The summed E-state index contributed by atoms with van der Waals surface area (Å²) in [6, 6.07) is 8.74. The van der Waals surface area contributed by atoms with Crippen LogP contribution in [0.15, 0.2) is 29.2 Å². The molecule has 1 atom stereocenters. The molecule has 20 heavy (non-hydrogen) atoms. The smallest absolute Gasteiger partial charge is 0.326 e. The molecule has 4 heteroatoms. The molecule has 1 saturated carbocycles. The zero-order chi connectivity index (χ0) is 14.6. The van der Waals surface area contributed by atoms with E-state index in [1.54, 1.807) is 11.8 Å². The van der Waals surface area contributed by atoms with Gasteiger partial charge in [-0.1, -0.05) is 18.2 Å². The van der Waals surface area contributed by atoms with Gasteiger partial charge in [-0.05, 0) is 45.2 Å². The SMILES string of the molecule is CCOC(=O)C(C)(CSc1ccccc1C)NC1CC1. The Kier molecular flexibility index (Phi) is 5.11. The number of nitrogens with one attached hydrogen (secondary N) is 1. The summed E-state index contributed by atoms with van der Waals surface area (Å²) in [4.78, 5) is 13.5. The van der Waals surface area contributed by atoms with Crippen molar-refractivity contribution in [3.8, 4) is 0 Å². The molecule has 0 aliphatic heterocycles. The maximum atomic E-state index is 12.2. The van der Waals surface area contributed by atoms with Crippen LogP contribution in [-0.2, 0) is 9.53 Å². The average Bonchev–Trinajstić information content (AvgIpc) is 3.22. The normalized spacial score (nSPS) is 17.6. The number of hydrogen-bond donors (Lipinski definition) is 1. The molecule has 0 bridgehead atoms. The quantitative estimate of drug-likeness (QED) is 0.619. The second-order valence-corrected chi connectivity index (χ2v) is 6.54. The standard InChI is InChI=1S/C16H23NO2S/c1-4-19-15(18)16(3,17-13-9-10-13)11-20-14-8-6-5-7-12(14)2/h5-8,13,17H,4,9-11H2,1-3H3. The zero-order valence-corrected chi connectivity index (χ0v) is 13.3. The summed E-state index contributed by atoms with van der Waals surface area (Å²) in [5.41, 5.74) is 0.638. The van der Waals surface area contributed by atoms with Crippen LogP contribution in [0.25, 0.3) is 0 Å². The van der Waals surface area contributed by atoms with Gasteiger partial charge in [-0.2, -0.15) is 0 Å². The van der Waals surface area contributed by atoms with Gasteiger partial charge in [-0.25, -0.2) is 0 Å². The van der Waals surface area contributed by atoms with Gasteiger partial charge < -0.3 is 4.74 Å². The van der Waals surface area contributed by atoms with E-state index in [4.69, 9.17) is 4.74 Å². The molecule has 1 aromatic rings. The van der Waals surface area contributed by atoms with Gasteiger partial charge in [0.15, 0.2) is 0 Å². The van der Waals surface area contributed by atoms with E-state index < -0.39 is 5.54 Å². The molecule has 1 aliphatic carbocycles. The van der Waals surface area contributed by atoms with Crippen molar-refractivity contribution in [3.05, 3.63) is 29.8 Å². The molecule has 110 valence electrons. The summed E-state index contributed by atoms with van der Waals surface area (Å²) in [5.74, 6) is 0.542. The predicted molar refractivity (Wildman–Crippen MR) is 83.1 cm³/mol. The highest BCUT2D eigenvalue weighted by molar-refractivity contribution is 7.99. The highest BCUT2D eigenvalue weighted by atomic mass is 32.2. The van der Waals surface area contributed by atoms with Crippen LogP contribution < -0.4 is 5.32 Å². The van der Waals surface area contributed by atoms with Crippen molar-refractivity contribution in [1.29, 1.82) is 0 Å². The second kappa shape index (κ2) is 6.64. The van der Waals surface area contributed by atoms with Gasteiger partial charge >= 0.3 is 5.97 Å². The van der Waals surface area contributed by atoms with Crippen molar-refractivity contribution in [2.75, 3.05) is 12.4 Å². The molecule has 0 heterocycles. The molecule has 1 aliphatic rings. The summed E-state index contributed by atoms with van der Waals surface area (Å²) in [7, 11) is 0. The van der Waals surface area contributed by atoms with Gasteiger partial charge in [0.1, 0.15) is 5.54 Å². The summed E-state index contributed by atoms with van der Waals surface area (Å²) >= 11 is 1.71. The Hall–Kier alpha value is -1.00. The second-order valence-electron chi connectivity index (χ2n) is 5.53. The lowest BCUT2D eigenvalue weighted by molar-refractivity contribution is -0.149. The Morgan fingerprint density at radius 2 is 2.15 bits per heavy atom. The van der Waals surface area contributed by atoms with E-state index in [2.05, 4.69) is 24.4 Å². The monoisotopic (exact) mass is 293 g/mol. The number of benzene rings is 1. The number of rotatable bonds is 7. The fourth-order valence-corrected chi connectivity index (χ4v) is 3.18. The van der Waals surface area contributed by atoms with Crippen LogP contribution >= 0.6 is 11.8 Å². The third-order valence-corrected chi connectivity index (χ3v) is 4.93. The van der Waals surface area contributed by atoms with E-state index in [0.29, 0.717) is 18.4 Å². The molecule has 1 fully saturated rings. The van der Waals surface area contributed by atoms with Crippen LogP contribution in [0.1, 0.15) is 32.3 Å². The number of ether oxygens (including phenoxy) is 1. The number of hydrogen-bond acceptors (Lipinski definition) is 4. The van der Waals surface area contributed by atoms with E-state index in [-0.39, 0.29) is 5.97 Å². The summed E-state index contributed by atoms with van der Waals surface area (Å²) in [6.07, 6.45) is 2.31. The lowest BCUT2D eigenvalue weighted by Gasteiger charge is -2.28. The number of aryl methyl sites for hydroxylation is 1.